The number of nitriles is 2. The normalized spacial score (nSPS) is 17.9. The molecule has 11 rings (SSSR count). The van der Waals surface area contributed by atoms with Crippen LogP contribution in [0.15, 0.2) is 115 Å². The van der Waals surface area contributed by atoms with Gasteiger partial charge in [-0.25, -0.2) is 18.4 Å². The number of amides is 3. The van der Waals surface area contributed by atoms with Crippen LogP contribution in [-0.4, -0.2) is 158 Å². The summed E-state index contributed by atoms with van der Waals surface area (Å²) in [6, 6.07) is 36.6. The maximum Gasteiger partial charge on any atom is 0.415 e. The molecule has 3 unspecified atom stereocenters. The van der Waals surface area contributed by atoms with E-state index in [9.17, 15) is 43.6 Å². The van der Waals surface area contributed by atoms with E-state index in [-0.39, 0.29) is 42.7 Å². The number of halogens is 5. The fourth-order valence-corrected chi connectivity index (χ4v) is 12.7. The highest BCUT2D eigenvalue weighted by Crippen LogP contribution is 2.44. The number of carbonyl (C=O) groups excluding carboxylic acids is 3. The summed E-state index contributed by atoms with van der Waals surface area (Å²) < 4.78 is 49.0. The second-order valence-corrected chi connectivity index (χ2v) is 27.4. The lowest BCUT2D eigenvalue weighted by Gasteiger charge is -2.39. The third-order valence-electron chi connectivity index (χ3n) is 17.1. The first-order chi connectivity index (χ1) is 46.5. The van der Waals surface area contributed by atoms with Gasteiger partial charge in [-0.15, -0.1) is 0 Å². The van der Waals surface area contributed by atoms with E-state index in [2.05, 4.69) is 33.4 Å². The average Bonchev–Trinajstić information content (AvgIpc) is 0.785. The van der Waals surface area contributed by atoms with Gasteiger partial charge in [-0.05, 0) is 132 Å². The summed E-state index contributed by atoms with van der Waals surface area (Å²) in [4.78, 5) is 58.8. The van der Waals surface area contributed by atoms with E-state index in [0.29, 0.717) is 82.6 Å². The van der Waals surface area contributed by atoms with Gasteiger partial charge in [0.1, 0.15) is 34.5 Å². The molecule has 5 aliphatic heterocycles. The number of rotatable bonds is 13. The van der Waals surface area contributed by atoms with Crippen LogP contribution in [0.25, 0.3) is 0 Å². The molecule has 3 amide bonds. The molecule has 26 heteroatoms. The Morgan fingerprint density at radius 1 is 0.663 bits per heavy atom. The van der Waals surface area contributed by atoms with E-state index >= 15 is 0 Å². The number of carboxylic acids is 1. The number of aliphatic hydroxyl groups is 1. The number of piperidine rings is 2. The van der Waals surface area contributed by atoms with Crippen molar-refractivity contribution in [3.8, 4) is 29.4 Å². The van der Waals surface area contributed by atoms with Gasteiger partial charge in [0.05, 0.1) is 104 Å². The lowest BCUT2D eigenvalue weighted by molar-refractivity contribution is -0.144. The van der Waals surface area contributed by atoms with Gasteiger partial charge >= 0.3 is 12.1 Å². The molecule has 6 aromatic rings. The number of aliphatic carboxylic acids is 1. The second kappa shape index (κ2) is 33.1. The van der Waals surface area contributed by atoms with E-state index in [1.165, 1.54) is 29.2 Å². The van der Waals surface area contributed by atoms with Crippen molar-refractivity contribution in [2.75, 3.05) is 125 Å². The fraction of sp³-hybridized carbons (Fsp3) is 0.417. The number of ether oxygens (including phenoxy) is 4. The van der Waals surface area contributed by atoms with Gasteiger partial charge in [0.2, 0.25) is 6.10 Å². The summed E-state index contributed by atoms with van der Waals surface area (Å²) in [6.07, 6.45) is 1.05. The summed E-state index contributed by atoms with van der Waals surface area (Å²) in [6.45, 7) is 8.32. The van der Waals surface area contributed by atoms with Gasteiger partial charge < -0.3 is 70.0 Å². The largest absolute Gasteiger partial charge is 0.478 e. The molecule has 5 heterocycles. The molecule has 0 aliphatic carbocycles. The number of aliphatic hydroxyl groups excluding tert-OH is 1. The Bertz CT molecular complexity index is 3860. The predicted octanol–water partition coefficient (Wildman–Crippen LogP) is 11.8. The Hall–Kier alpha value is -8.97. The SMILES string of the molecule is CN(C)c1cc2c(cc1Cl)N(C(=O)OC(C)(C)C)CC(C(=O)N[C@H](CO)c1ccccc1)O2.CN(C)c1cc2c(cc1Cl)NCC(C(=O)N1CCC(C#N)(Cc3ccc(F)cc3)CC1)O2.CN(C)c1cc2c(cc1Cl)NCC(C(=O)O)O2.N#CC1(Cc2ccc(F)cc2)CCNCC1. The average molecular weight is 1410 g/mol. The van der Waals surface area contributed by atoms with Crippen molar-refractivity contribution in [2.45, 2.75) is 89.3 Å². The Morgan fingerprint density at radius 3 is 1.57 bits per heavy atom. The number of nitrogens with zero attached hydrogens (tertiary/aromatic N) is 7. The standard InChI is InChI=1S/C24H26ClFN4O2.C24H30ClN3O5.C13H15FN2.C11H13ClN2O3/c1-29(2)20-12-21-19(11-18(20)25)28-14-22(32-21)23(31)30-9-7-24(15-27,8-10-30)13-16-3-5-17(26)6-4-16;1-24(2,3)33-23(31)28-13-21(22(30)26-17(14-29)15-9-7-6-8-10-15)32-20-12-18(27(4)5)16(25)11-19(20)28;14-12-3-1-11(2-4-12)9-13(10-15)5-7-16-8-6-13;1-14(2)8-4-9-7(3-6(8)12)13-5-10(17-9)11(15)16/h3-6,11-12,22,28H,7-10,13-14H2,1-2H3;6-12,17,21,29H,13-14H2,1-5H3,(H,26,30);1-4,16H,5-9H2;3-4,10,13H,5H2,1-2H3,(H,15,16)/t;17-,21?;;/m.1../s1. The molecule has 0 aromatic heterocycles. The molecule has 6 N–H and O–H groups in total. The van der Waals surface area contributed by atoms with Crippen LogP contribution in [0.2, 0.25) is 15.1 Å². The lowest BCUT2D eigenvalue weighted by atomic mass is 9.75. The van der Waals surface area contributed by atoms with E-state index < -0.39 is 53.3 Å². The highest BCUT2D eigenvalue weighted by Gasteiger charge is 2.41. The van der Waals surface area contributed by atoms with Crippen molar-refractivity contribution in [3.05, 3.63) is 159 Å². The van der Waals surface area contributed by atoms with E-state index in [0.717, 1.165) is 71.8 Å². The Kier molecular flexibility index (Phi) is 25.2. The van der Waals surface area contributed by atoms with Gasteiger partial charge in [0, 0.05) is 73.6 Å². The minimum atomic E-state index is -1.01. The van der Waals surface area contributed by atoms with Crippen LogP contribution in [0.4, 0.5) is 47.7 Å². The van der Waals surface area contributed by atoms with Gasteiger partial charge in [-0.1, -0.05) is 89.4 Å². The number of hydrogen-bond donors (Lipinski definition) is 6. The number of fused-ring (bicyclic) bond motifs is 3. The summed E-state index contributed by atoms with van der Waals surface area (Å²) >= 11 is 18.9. The molecule has 522 valence electrons. The van der Waals surface area contributed by atoms with Crippen LogP contribution in [0.1, 0.15) is 69.2 Å². The maximum atomic E-state index is 13.2. The monoisotopic (exact) mass is 1410 g/mol. The lowest BCUT2D eigenvalue weighted by Crippen LogP contribution is -2.52. The number of nitrogens with one attached hydrogen (secondary N) is 4. The number of likely N-dealkylation sites (tertiary alicyclic amines) is 1. The molecule has 6 aromatic carbocycles. The minimum absolute atomic E-state index is 0.0711. The molecule has 0 bridgehead atoms. The van der Waals surface area contributed by atoms with Crippen LogP contribution < -0.4 is 55.1 Å². The summed E-state index contributed by atoms with van der Waals surface area (Å²) in [5, 5.41) is 51.8. The molecule has 2 fully saturated rings. The smallest absolute Gasteiger partial charge is 0.415 e. The highest BCUT2D eigenvalue weighted by atomic mass is 35.5. The third-order valence-corrected chi connectivity index (χ3v) is 18.0. The van der Waals surface area contributed by atoms with E-state index in [1.807, 2.05) is 99.5 Å². The number of carboxylic acid groups (broad SMARTS) is 1. The molecule has 0 radical (unpaired) electrons. The Balaban J connectivity index is 0.000000175. The first-order valence-corrected chi connectivity index (χ1v) is 33.2. The number of carbonyl (C=O) groups is 4. The molecule has 21 nitrogen and oxygen atoms in total. The Labute approximate surface area is 586 Å². The topological polar surface area (TPSA) is 258 Å². The molecular formula is C72H84Cl3F2N11O10. The van der Waals surface area contributed by atoms with E-state index in [1.54, 1.807) is 74.2 Å². The summed E-state index contributed by atoms with van der Waals surface area (Å²) in [7, 11) is 11.2. The molecule has 0 saturated carbocycles. The van der Waals surface area contributed by atoms with Crippen LogP contribution in [-0.2, 0) is 32.0 Å². The molecule has 4 atom stereocenters. The third kappa shape index (κ3) is 19.4. The quantitative estimate of drug-likeness (QED) is 0.0628. The zero-order valence-electron chi connectivity index (χ0n) is 56.4. The van der Waals surface area contributed by atoms with Crippen LogP contribution in [0.3, 0.4) is 0 Å². The maximum absolute atomic E-state index is 13.2. The minimum Gasteiger partial charge on any atom is -0.478 e. The molecule has 5 aliphatic rings. The van der Waals surface area contributed by atoms with Crippen molar-refractivity contribution < 1.29 is 57.1 Å². The van der Waals surface area contributed by atoms with Crippen molar-refractivity contribution in [3.63, 3.8) is 0 Å². The molecule has 98 heavy (non-hydrogen) atoms. The first kappa shape index (κ1) is 74.8. The Morgan fingerprint density at radius 2 is 1.11 bits per heavy atom. The molecule has 2 saturated heterocycles. The zero-order valence-corrected chi connectivity index (χ0v) is 58.6. The van der Waals surface area contributed by atoms with Crippen LogP contribution >= 0.6 is 34.8 Å². The van der Waals surface area contributed by atoms with Gasteiger partial charge in [-0.3, -0.25) is 14.5 Å². The van der Waals surface area contributed by atoms with Gasteiger partial charge in [0.25, 0.3) is 11.8 Å². The highest BCUT2D eigenvalue weighted by molar-refractivity contribution is 6.34. The van der Waals surface area contributed by atoms with Crippen molar-refractivity contribution >= 4 is 92.8 Å². The summed E-state index contributed by atoms with van der Waals surface area (Å²) in [5.41, 5.74) is 5.40. The molecular weight excluding hydrogens is 1320 g/mol. The number of benzene rings is 6. The van der Waals surface area contributed by atoms with Crippen molar-refractivity contribution in [2.24, 2.45) is 10.8 Å². The zero-order chi connectivity index (χ0) is 71.2. The molecule has 0 spiro atoms. The van der Waals surface area contributed by atoms with Crippen LogP contribution in [0, 0.1) is 45.1 Å². The van der Waals surface area contributed by atoms with Crippen molar-refractivity contribution in [1.82, 2.24) is 15.5 Å². The number of anilines is 6. The fourth-order valence-electron chi connectivity index (χ4n) is 11.7. The van der Waals surface area contributed by atoms with Gasteiger partial charge in [0.15, 0.2) is 12.2 Å². The summed E-state index contributed by atoms with van der Waals surface area (Å²) in [5.74, 6) is -0.594. The predicted molar refractivity (Wildman–Crippen MR) is 377 cm³/mol. The number of hydrogen-bond acceptors (Lipinski definition) is 17. The second-order valence-electron chi connectivity index (χ2n) is 26.2. The van der Waals surface area contributed by atoms with Crippen molar-refractivity contribution in [1.29, 1.82) is 10.5 Å². The van der Waals surface area contributed by atoms with E-state index in [4.69, 9.17) is 58.9 Å². The van der Waals surface area contributed by atoms with Crippen LogP contribution in [0.5, 0.6) is 17.2 Å². The van der Waals surface area contributed by atoms with Gasteiger partial charge in [-0.2, -0.15) is 10.5 Å². The first-order valence-electron chi connectivity index (χ1n) is 32.0.